The molecule has 1 N–H and O–H groups in total. The lowest BCUT2D eigenvalue weighted by atomic mass is 10.3. The minimum absolute atomic E-state index is 0.168. The molecule has 0 amide bonds. The number of hydrogen-bond acceptors (Lipinski definition) is 4. The number of rotatable bonds is 2. The molecule has 4 nitrogen and oxygen atoms in total. The average molecular weight is 154 g/mol. The second-order valence-electron chi connectivity index (χ2n) is 1.95. The molecular weight excluding hydrogens is 146 g/mol. The van der Waals surface area contributed by atoms with E-state index < -0.39 is 0 Å². The van der Waals surface area contributed by atoms with E-state index in [1.165, 1.54) is 19.2 Å². The summed E-state index contributed by atoms with van der Waals surface area (Å²) in [5.41, 5.74) is 0.319. The summed E-state index contributed by atoms with van der Waals surface area (Å²) in [6.07, 6.45) is 0. The fraction of sp³-hybridized carbons (Fsp3) is 0.143. The summed E-state index contributed by atoms with van der Waals surface area (Å²) in [4.78, 5) is 4.44. The van der Waals surface area contributed by atoms with Crippen LogP contribution in [0.2, 0.25) is 0 Å². The largest absolute Gasteiger partial charge is 0.872 e. The number of nitrogens with zero attached hydrogens (tertiary/aromatic N) is 1. The Morgan fingerprint density at radius 1 is 1.55 bits per heavy atom. The van der Waals surface area contributed by atoms with Gasteiger partial charge in [0.05, 0.1) is 12.8 Å². The molecule has 1 rings (SSSR count). The zero-order chi connectivity index (χ0) is 8.27. The molecule has 0 spiro atoms. The van der Waals surface area contributed by atoms with Crippen molar-refractivity contribution in [2.24, 2.45) is 0 Å². The van der Waals surface area contributed by atoms with Gasteiger partial charge < -0.3 is 5.11 Å². The molecular formula is C7H8NO3-. The Balaban J connectivity index is 2.86. The van der Waals surface area contributed by atoms with Gasteiger partial charge in [0.1, 0.15) is 0 Å². The van der Waals surface area contributed by atoms with Crippen LogP contribution in [0.1, 0.15) is 0 Å². The molecule has 0 saturated heterocycles. The van der Waals surface area contributed by atoms with Crippen LogP contribution in [0.15, 0.2) is 24.3 Å². The van der Waals surface area contributed by atoms with E-state index in [9.17, 15) is 5.11 Å². The fourth-order valence-electron chi connectivity index (χ4n) is 0.708. The number of hydrogen-bond donors (Lipinski definition) is 1. The van der Waals surface area contributed by atoms with Crippen molar-refractivity contribution in [2.75, 3.05) is 12.3 Å². The first-order chi connectivity index (χ1) is 5.24. The number of benzene rings is 1. The van der Waals surface area contributed by atoms with E-state index in [-0.39, 0.29) is 5.75 Å². The molecule has 0 aliphatic heterocycles. The van der Waals surface area contributed by atoms with Gasteiger partial charge in [-0.3, -0.25) is 10.0 Å². The Kier molecular flexibility index (Phi) is 2.30. The SMILES string of the molecule is CON(O)c1cccc([O-])c1. The van der Waals surface area contributed by atoms with Crippen molar-refractivity contribution in [1.29, 1.82) is 0 Å². The van der Waals surface area contributed by atoms with Crippen LogP contribution in [0.5, 0.6) is 5.75 Å². The summed E-state index contributed by atoms with van der Waals surface area (Å²) in [6.45, 7) is 0. The smallest absolute Gasteiger partial charge is 0.0938 e. The Morgan fingerprint density at radius 2 is 2.27 bits per heavy atom. The van der Waals surface area contributed by atoms with Gasteiger partial charge >= 0.3 is 0 Å². The second-order valence-corrected chi connectivity index (χ2v) is 1.95. The van der Waals surface area contributed by atoms with Crippen molar-refractivity contribution in [2.45, 2.75) is 0 Å². The zero-order valence-electron chi connectivity index (χ0n) is 6.02. The summed E-state index contributed by atoms with van der Waals surface area (Å²) >= 11 is 0. The van der Waals surface area contributed by atoms with E-state index in [0.29, 0.717) is 10.9 Å². The van der Waals surface area contributed by atoms with Crippen LogP contribution in [0, 0.1) is 0 Å². The van der Waals surface area contributed by atoms with Crippen molar-refractivity contribution >= 4 is 5.69 Å². The minimum Gasteiger partial charge on any atom is -0.872 e. The van der Waals surface area contributed by atoms with Gasteiger partial charge in [0.15, 0.2) is 0 Å². The Bertz CT molecular complexity index is 239. The van der Waals surface area contributed by atoms with E-state index >= 15 is 0 Å². The quantitative estimate of drug-likeness (QED) is 0.631. The van der Waals surface area contributed by atoms with Crippen LogP contribution >= 0.6 is 0 Å². The molecule has 0 fully saturated rings. The molecule has 1 aromatic rings. The van der Waals surface area contributed by atoms with Crippen LogP contribution in [0.3, 0.4) is 0 Å². The maximum Gasteiger partial charge on any atom is 0.0938 e. The summed E-state index contributed by atoms with van der Waals surface area (Å²) in [6, 6.07) is 5.77. The average Bonchev–Trinajstić information content (AvgIpc) is 2.03. The van der Waals surface area contributed by atoms with E-state index in [0.717, 1.165) is 0 Å². The molecule has 0 bridgehead atoms. The highest BCUT2D eigenvalue weighted by Crippen LogP contribution is 2.16. The van der Waals surface area contributed by atoms with Crippen LogP contribution in [-0.4, -0.2) is 12.3 Å². The summed E-state index contributed by atoms with van der Waals surface area (Å²) < 4.78 is 0. The third-order valence-electron chi connectivity index (χ3n) is 1.21. The highest BCUT2D eigenvalue weighted by Gasteiger charge is 1.97. The maximum atomic E-state index is 10.7. The molecule has 0 atom stereocenters. The molecule has 0 saturated carbocycles. The standard InChI is InChI=1S/C7H9NO3/c1-11-8(10)6-3-2-4-7(9)5-6/h2-5,9-10H,1H3/p-1. The molecule has 0 aliphatic rings. The lowest BCUT2D eigenvalue weighted by Crippen LogP contribution is -2.15. The summed E-state index contributed by atoms with van der Waals surface area (Å²) in [5.74, 6) is -0.168. The van der Waals surface area contributed by atoms with Gasteiger partial charge in [-0.15, -0.1) is 11.0 Å². The minimum atomic E-state index is -0.168. The Labute approximate surface area is 64.2 Å². The van der Waals surface area contributed by atoms with Gasteiger partial charge in [-0.05, 0) is 12.1 Å². The lowest BCUT2D eigenvalue weighted by molar-refractivity contribution is -0.268. The zero-order valence-corrected chi connectivity index (χ0v) is 6.02. The van der Waals surface area contributed by atoms with Crippen molar-refractivity contribution in [3.63, 3.8) is 0 Å². The molecule has 11 heavy (non-hydrogen) atoms. The monoisotopic (exact) mass is 154 g/mol. The highest BCUT2D eigenvalue weighted by atomic mass is 16.9. The van der Waals surface area contributed by atoms with E-state index in [1.54, 1.807) is 12.1 Å². The number of anilines is 1. The topological polar surface area (TPSA) is 55.8 Å². The molecule has 0 unspecified atom stereocenters. The van der Waals surface area contributed by atoms with Crippen LogP contribution in [0.4, 0.5) is 5.69 Å². The van der Waals surface area contributed by atoms with Gasteiger partial charge in [0.25, 0.3) is 0 Å². The lowest BCUT2D eigenvalue weighted by Gasteiger charge is -2.14. The van der Waals surface area contributed by atoms with Crippen LogP contribution in [0.25, 0.3) is 0 Å². The highest BCUT2D eigenvalue weighted by molar-refractivity contribution is 5.45. The van der Waals surface area contributed by atoms with Gasteiger partial charge in [0.2, 0.25) is 0 Å². The molecule has 0 aromatic heterocycles. The third-order valence-corrected chi connectivity index (χ3v) is 1.21. The van der Waals surface area contributed by atoms with Crippen molar-refractivity contribution in [1.82, 2.24) is 0 Å². The first kappa shape index (κ1) is 7.84. The van der Waals surface area contributed by atoms with E-state index in [4.69, 9.17) is 5.21 Å². The van der Waals surface area contributed by atoms with Gasteiger partial charge in [0, 0.05) is 0 Å². The fourth-order valence-corrected chi connectivity index (χ4v) is 0.708. The Morgan fingerprint density at radius 3 is 2.82 bits per heavy atom. The van der Waals surface area contributed by atoms with E-state index in [1.807, 2.05) is 0 Å². The predicted molar refractivity (Wildman–Crippen MR) is 37.2 cm³/mol. The first-order valence-electron chi connectivity index (χ1n) is 3.04. The summed E-state index contributed by atoms with van der Waals surface area (Å²) in [5, 5.41) is 20.2. The van der Waals surface area contributed by atoms with Gasteiger partial charge in [-0.1, -0.05) is 12.1 Å². The molecule has 4 heteroatoms. The van der Waals surface area contributed by atoms with Gasteiger partial charge in [-0.2, -0.15) is 0 Å². The van der Waals surface area contributed by atoms with Crippen LogP contribution in [-0.2, 0) is 4.84 Å². The summed E-state index contributed by atoms with van der Waals surface area (Å²) in [7, 11) is 1.30. The van der Waals surface area contributed by atoms with Crippen molar-refractivity contribution in [3.05, 3.63) is 24.3 Å². The molecule has 60 valence electrons. The van der Waals surface area contributed by atoms with E-state index in [2.05, 4.69) is 4.84 Å². The third kappa shape index (κ3) is 1.83. The normalized spacial score (nSPS) is 9.64. The van der Waals surface area contributed by atoms with Crippen molar-refractivity contribution in [3.8, 4) is 5.75 Å². The molecule has 0 radical (unpaired) electrons. The molecule has 0 heterocycles. The molecule has 1 aromatic carbocycles. The first-order valence-corrected chi connectivity index (χ1v) is 3.04. The Hall–Kier alpha value is -1.26. The second kappa shape index (κ2) is 3.23. The van der Waals surface area contributed by atoms with Crippen LogP contribution < -0.4 is 10.3 Å². The molecule has 0 aliphatic carbocycles. The van der Waals surface area contributed by atoms with Crippen molar-refractivity contribution < 1.29 is 15.2 Å². The predicted octanol–water partition coefficient (Wildman–Crippen LogP) is 0.517. The maximum absolute atomic E-state index is 10.7. The van der Waals surface area contributed by atoms with Gasteiger partial charge in [-0.25, -0.2) is 0 Å².